The normalized spacial score (nSPS) is 8.76. The van der Waals surface area contributed by atoms with E-state index in [4.69, 9.17) is 10.8 Å². The van der Waals surface area contributed by atoms with Crippen molar-refractivity contribution in [2.75, 3.05) is 40.3 Å². The first-order valence-electron chi connectivity index (χ1n) is 9.35. The SMILES string of the molecule is CNCCN=Cc1ccccc1[O-].CNCCN=Cc1ccccc1[O-].[Cu+2].[Cu+2].[N-]=C=S.[N-]=C=S. The second-order valence-electron chi connectivity index (χ2n) is 5.54. The molecule has 0 amide bonds. The van der Waals surface area contributed by atoms with Crippen LogP contribution in [0.25, 0.3) is 10.8 Å². The molecule has 0 unspecified atom stereocenters. The molecule has 0 aliphatic carbocycles. The fraction of sp³-hybridized carbons (Fsp3) is 0.273. The molecule has 0 bridgehead atoms. The molecular formula is C22H26Cu2N6O2S2. The number of benzene rings is 2. The van der Waals surface area contributed by atoms with Gasteiger partial charge in [0.15, 0.2) is 0 Å². The summed E-state index contributed by atoms with van der Waals surface area (Å²) >= 11 is 7.40. The summed E-state index contributed by atoms with van der Waals surface area (Å²) in [5.74, 6) is 0.0476. The van der Waals surface area contributed by atoms with E-state index >= 15 is 0 Å². The van der Waals surface area contributed by atoms with Crippen LogP contribution in [0.3, 0.4) is 0 Å². The Hall–Kier alpha value is -2.06. The van der Waals surface area contributed by atoms with Crippen LogP contribution in [0.15, 0.2) is 58.5 Å². The van der Waals surface area contributed by atoms with Gasteiger partial charge in [-0.05, 0) is 25.2 Å². The van der Waals surface area contributed by atoms with Crippen LogP contribution in [0.5, 0.6) is 11.5 Å². The van der Waals surface area contributed by atoms with Crippen molar-refractivity contribution in [3.8, 4) is 11.5 Å². The summed E-state index contributed by atoms with van der Waals surface area (Å²) in [5, 5.41) is 45.2. The molecule has 0 atom stereocenters. The predicted molar refractivity (Wildman–Crippen MR) is 136 cm³/mol. The molecule has 2 radical (unpaired) electrons. The first-order valence-corrected chi connectivity index (χ1v) is 10.2. The quantitative estimate of drug-likeness (QED) is 0.207. The van der Waals surface area contributed by atoms with Crippen molar-refractivity contribution in [2.45, 2.75) is 0 Å². The van der Waals surface area contributed by atoms with E-state index in [1.807, 2.05) is 26.2 Å². The number of aliphatic imine (C=N–C) groups is 2. The largest absolute Gasteiger partial charge is 2.00 e. The van der Waals surface area contributed by atoms with Crippen LogP contribution in [0.1, 0.15) is 11.1 Å². The Morgan fingerprint density at radius 1 is 0.765 bits per heavy atom. The minimum Gasteiger partial charge on any atom is -0.872 e. The van der Waals surface area contributed by atoms with E-state index in [0.717, 1.165) is 13.1 Å². The van der Waals surface area contributed by atoms with Crippen molar-refractivity contribution in [3.05, 3.63) is 70.5 Å². The van der Waals surface area contributed by atoms with Crippen molar-refractivity contribution in [2.24, 2.45) is 9.98 Å². The van der Waals surface area contributed by atoms with Crippen molar-refractivity contribution in [1.29, 1.82) is 0 Å². The zero-order chi connectivity index (χ0) is 24.5. The Morgan fingerprint density at radius 2 is 1.06 bits per heavy atom. The zero-order valence-electron chi connectivity index (χ0n) is 18.6. The van der Waals surface area contributed by atoms with Crippen molar-refractivity contribution in [3.63, 3.8) is 0 Å². The molecule has 0 saturated heterocycles. The molecule has 0 aromatic heterocycles. The summed E-state index contributed by atoms with van der Waals surface area (Å²) in [7, 11) is 3.74. The van der Waals surface area contributed by atoms with Crippen molar-refractivity contribution in [1.82, 2.24) is 10.6 Å². The summed E-state index contributed by atoms with van der Waals surface area (Å²) in [4.78, 5) is 8.21. The predicted octanol–water partition coefficient (Wildman–Crippen LogP) is 2.11. The number of thiocarbonyl (C=S) groups is 2. The first kappa shape index (κ1) is 39.2. The molecule has 190 valence electrons. The summed E-state index contributed by atoms with van der Waals surface area (Å²) < 4.78 is 0. The van der Waals surface area contributed by atoms with E-state index in [9.17, 15) is 10.2 Å². The summed E-state index contributed by atoms with van der Waals surface area (Å²) in [6.45, 7) is 3.06. The second-order valence-corrected chi connectivity index (χ2v) is 5.90. The first-order chi connectivity index (χ1) is 15.5. The van der Waals surface area contributed by atoms with E-state index in [0.29, 0.717) is 24.2 Å². The Balaban J connectivity index is -0.000000205. The fourth-order valence-corrected chi connectivity index (χ4v) is 1.85. The number of isothiocyanates is 2. The molecule has 0 spiro atoms. The molecule has 8 nitrogen and oxygen atoms in total. The number of likely N-dealkylation sites (N-methyl/N-ethyl adjacent to an activating group) is 2. The van der Waals surface area contributed by atoms with Crippen LogP contribution in [0.2, 0.25) is 0 Å². The Bertz CT molecular complexity index is 802. The van der Waals surface area contributed by atoms with E-state index in [-0.39, 0.29) is 45.6 Å². The average Bonchev–Trinajstić information content (AvgIpc) is 2.78. The van der Waals surface area contributed by atoms with Gasteiger partial charge in [-0.3, -0.25) is 9.98 Å². The van der Waals surface area contributed by atoms with Gasteiger partial charge in [-0.25, -0.2) is 0 Å². The molecule has 0 aliphatic heterocycles. The zero-order valence-corrected chi connectivity index (χ0v) is 22.1. The molecule has 0 heterocycles. The van der Waals surface area contributed by atoms with Gasteiger partial charge >= 0.3 is 34.1 Å². The number of hydrogen-bond acceptors (Lipinski definition) is 8. The second kappa shape index (κ2) is 30.9. The van der Waals surface area contributed by atoms with Crippen LogP contribution >= 0.6 is 24.4 Å². The number of rotatable bonds is 8. The van der Waals surface area contributed by atoms with E-state index in [1.165, 1.54) is 10.3 Å². The molecular weight excluding hydrogens is 572 g/mol. The van der Waals surface area contributed by atoms with Gasteiger partial charge in [0.2, 0.25) is 0 Å². The Labute approximate surface area is 233 Å². The molecule has 2 rings (SSSR count). The maximum Gasteiger partial charge on any atom is 2.00 e. The summed E-state index contributed by atoms with van der Waals surface area (Å²) in [5.41, 5.74) is 1.30. The van der Waals surface area contributed by atoms with E-state index in [2.05, 4.69) is 45.1 Å². The number of para-hydroxylation sites is 2. The third kappa shape index (κ3) is 24.6. The fourth-order valence-electron chi connectivity index (χ4n) is 1.85. The van der Waals surface area contributed by atoms with Gasteiger partial charge < -0.3 is 31.7 Å². The molecule has 0 fully saturated rings. The monoisotopic (exact) mass is 596 g/mol. The minimum absolute atomic E-state index is 0. The topological polar surface area (TPSA) is 140 Å². The molecule has 0 aliphatic rings. The van der Waals surface area contributed by atoms with E-state index in [1.54, 1.807) is 48.8 Å². The molecule has 34 heavy (non-hydrogen) atoms. The maximum atomic E-state index is 11.2. The van der Waals surface area contributed by atoms with Gasteiger partial charge in [-0.2, -0.15) is 10.3 Å². The average molecular weight is 598 g/mol. The van der Waals surface area contributed by atoms with Gasteiger partial charge in [0, 0.05) is 25.5 Å². The third-order valence-corrected chi connectivity index (χ3v) is 3.28. The summed E-state index contributed by atoms with van der Waals surface area (Å²) in [6, 6.07) is 13.7. The summed E-state index contributed by atoms with van der Waals surface area (Å²) in [6.07, 6.45) is 3.25. The molecule has 12 heteroatoms. The number of nitrogens with zero attached hydrogens (tertiary/aromatic N) is 4. The maximum absolute atomic E-state index is 11.2. The van der Waals surface area contributed by atoms with E-state index < -0.39 is 0 Å². The molecule has 2 aromatic rings. The standard InChI is InChI=1S/2C10H14N2O.2CNS.2Cu/c2*1-11-6-7-12-8-9-4-2-3-5-10(9)13;2*2-1-3;;/h2*2-5,8,11,13H,6-7H2,1H3;;;;/q;;2*-1;2*+2/p-2. The Morgan fingerprint density at radius 3 is 1.32 bits per heavy atom. The van der Waals surface area contributed by atoms with Gasteiger partial charge in [0.1, 0.15) is 0 Å². The van der Waals surface area contributed by atoms with Crippen LogP contribution in [0.4, 0.5) is 0 Å². The molecule has 2 aromatic carbocycles. The Kier molecular flexibility index (Phi) is 35.6. The van der Waals surface area contributed by atoms with Crippen LogP contribution in [-0.2, 0) is 34.1 Å². The van der Waals surface area contributed by atoms with Crippen LogP contribution in [0, 0.1) is 0 Å². The van der Waals surface area contributed by atoms with Crippen molar-refractivity contribution >= 4 is 47.2 Å². The molecule has 0 saturated carbocycles. The van der Waals surface area contributed by atoms with Gasteiger partial charge in [-0.1, -0.05) is 73.0 Å². The van der Waals surface area contributed by atoms with Crippen LogP contribution < -0.4 is 20.8 Å². The van der Waals surface area contributed by atoms with Gasteiger partial charge in [0.25, 0.3) is 0 Å². The third-order valence-electron chi connectivity index (χ3n) is 3.28. The van der Waals surface area contributed by atoms with Crippen molar-refractivity contribution < 1.29 is 44.4 Å². The molecule has 2 N–H and O–H groups in total. The minimum atomic E-state index is 0. The number of hydrogen-bond donors (Lipinski definition) is 2. The van der Waals surface area contributed by atoms with Crippen LogP contribution in [-0.4, -0.2) is 63.0 Å². The van der Waals surface area contributed by atoms with Gasteiger partial charge in [-0.15, -0.1) is 11.5 Å². The smallest absolute Gasteiger partial charge is 0.872 e. The number of nitrogens with one attached hydrogen (secondary N) is 2. The van der Waals surface area contributed by atoms with Gasteiger partial charge in [0.05, 0.1) is 13.1 Å².